The number of nitrogens with zero attached hydrogens (tertiary/aromatic N) is 1. The number of hydrogen-bond donors (Lipinski definition) is 1. The van der Waals surface area contributed by atoms with E-state index in [1.165, 1.54) is 12.8 Å². The Kier molecular flexibility index (Phi) is 5.78. The molecule has 0 spiro atoms. The Balaban J connectivity index is 2.00. The molecule has 1 aliphatic heterocycles. The van der Waals surface area contributed by atoms with Crippen LogP contribution in [-0.4, -0.2) is 17.0 Å². The van der Waals surface area contributed by atoms with Gasteiger partial charge >= 0.3 is 0 Å². The minimum absolute atomic E-state index is 0.628. The fourth-order valence-corrected chi connectivity index (χ4v) is 4.27. The normalized spacial score (nSPS) is 18.8. The van der Waals surface area contributed by atoms with Crippen molar-refractivity contribution < 1.29 is 0 Å². The Hall–Kier alpha value is -0.000000000000000111. The van der Waals surface area contributed by atoms with Crippen molar-refractivity contribution >= 4 is 54.5 Å². The number of halogens is 2. The van der Waals surface area contributed by atoms with Gasteiger partial charge in [-0.25, -0.2) is 0 Å². The molecule has 1 aromatic carbocycles. The number of rotatable bonds is 4. The van der Waals surface area contributed by atoms with Gasteiger partial charge in [-0.05, 0) is 40.0 Å². The third kappa shape index (κ3) is 3.99. The lowest BCUT2D eigenvalue weighted by atomic mass is 9.99. The summed E-state index contributed by atoms with van der Waals surface area (Å²) in [6, 6.07) is 6.12. The molecule has 1 aliphatic rings. The molecule has 2 rings (SSSR count). The van der Waals surface area contributed by atoms with E-state index in [2.05, 4.69) is 62.1 Å². The van der Waals surface area contributed by atoms with Crippen molar-refractivity contribution in [3.8, 4) is 0 Å². The van der Waals surface area contributed by atoms with Gasteiger partial charge in [-0.1, -0.05) is 54.4 Å². The summed E-state index contributed by atoms with van der Waals surface area (Å²) in [7, 11) is 0. The minimum Gasteiger partial charge on any atom is -0.334 e. The van der Waals surface area contributed by atoms with Gasteiger partial charge in [0.15, 0.2) is 5.17 Å². The molecule has 1 unspecified atom stereocenters. The van der Waals surface area contributed by atoms with Gasteiger partial charge in [0.1, 0.15) is 0 Å². The Morgan fingerprint density at radius 3 is 2.79 bits per heavy atom. The van der Waals surface area contributed by atoms with Crippen molar-refractivity contribution in [3.05, 3.63) is 27.1 Å². The van der Waals surface area contributed by atoms with Crippen molar-refractivity contribution in [1.29, 1.82) is 0 Å². The van der Waals surface area contributed by atoms with E-state index in [0.29, 0.717) is 5.25 Å². The second kappa shape index (κ2) is 7.14. The first kappa shape index (κ1) is 15.4. The summed E-state index contributed by atoms with van der Waals surface area (Å²) < 4.78 is 2.13. The van der Waals surface area contributed by atoms with Crippen molar-refractivity contribution in [2.24, 2.45) is 10.9 Å². The van der Waals surface area contributed by atoms with E-state index in [-0.39, 0.29) is 0 Å². The number of benzene rings is 1. The largest absolute Gasteiger partial charge is 0.334 e. The molecule has 0 saturated heterocycles. The predicted molar refractivity (Wildman–Crippen MR) is 93.2 cm³/mol. The van der Waals surface area contributed by atoms with Crippen LogP contribution in [0, 0.1) is 5.92 Å². The number of amidine groups is 1. The van der Waals surface area contributed by atoms with Crippen molar-refractivity contribution in [2.45, 2.75) is 31.9 Å². The van der Waals surface area contributed by atoms with Crippen LogP contribution in [0.15, 0.2) is 32.1 Å². The lowest BCUT2D eigenvalue weighted by molar-refractivity contribution is 0.479. The van der Waals surface area contributed by atoms with E-state index < -0.39 is 0 Å². The number of hydrogen-bond acceptors (Lipinski definition) is 3. The highest BCUT2D eigenvalue weighted by molar-refractivity contribution is 9.11. The SMILES string of the molecule is CCC(CC)C1CN=C(Nc2cc(Br)ccc2Br)S1. The maximum Gasteiger partial charge on any atom is 0.161 e. The van der Waals surface area contributed by atoms with Gasteiger partial charge < -0.3 is 5.32 Å². The molecular weight excluding hydrogens is 388 g/mol. The van der Waals surface area contributed by atoms with Crippen LogP contribution in [0.3, 0.4) is 0 Å². The first-order chi connectivity index (χ1) is 9.13. The van der Waals surface area contributed by atoms with Crippen molar-refractivity contribution in [1.82, 2.24) is 0 Å². The van der Waals surface area contributed by atoms with Crippen LogP contribution < -0.4 is 5.32 Å². The zero-order chi connectivity index (χ0) is 13.8. The molecule has 104 valence electrons. The van der Waals surface area contributed by atoms with E-state index >= 15 is 0 Å². The van der Waals surface area contributed by atoms with Crippen LogP contribution >= 0.6 is 43.6 Å². The third-order valence-electron chi connectivity index (χ3n) is 3.42. The molecule has 0 aliphatic carbocycles. The maximum absolute atomic E-state index is 4.63. The highest BCUT2D eigenvalue weighted by Crippen LogP contribution is 2.33. The lowest BCUT2D eigenvalue weighted by Gasteiger charge is -2.18. The Labute approximate surface area is 136 Å². The quantitative estimate of drug-likeness (QED) is 0.711. The summed E-state index contributed by atoms with van der Waals surface area (Å²) in [6.07, 6.45) is 2.47. The van der Waals surface area contributed by atoms with E-state index in [1.54, 1.807) is 0 Å². The average Bonchev–Trinajstić information content (AvgIpc) is 2.84. The zero-order valence-electron chi connectivity index (χ0n) is 11.1. The predicted octanol–water partition coefficient (Wildman–Crippen LogP) is 5.53. The Bertz CT molecular complexity index is 473. The second-order valence-corrected chi connectivity index (χ2v) is 7.63. The molecule has 1 heterocycles. The summed E-state index contributed by atoms with van der Waals surface area (Å²) in [5.74, 6) is 0.763. The Morgan fingerprint density at radius 2 is 2.11 bits per heavy atom. The first-order valence-corrected chi connectivity index (χ1v) is 9.03. The monoisotopic (exact) mass is 404 g/mol. The van der Waals surface area contributed by atoms with Gasteiger partial charge in [-0.3, -0.25) is 4.99 Å². The topological polar surface area (TPSA) is 24.4 Å². The number of nitrogens with one attached hydrogen (secondary N) is 1. The summed E-state index contributed by atoms with van der Waals surface area (Å²) in [4.78, 5) is 4.63. The maximum atomic E-state index is 4.63. The summed E-state index contributed by atoms with van der Waals surface area (Å²) in [5.41, 5.74) is 1.06. The first-order valence-electron chi connectivity index (χ1n) is 6.57. The standard InChI is InChI=1S/C14H18Br2N2S/c1-3-9(4-2)13-8-17-14(19-13)18-12-7-10(15)5-6-11(12)16/h5-7,9,13H,3-4,8H2,1-2H3,(H,17,18). The van der Waals surface area contributed by atoms with Gasteiger partial charge in [-0.15, -0.1) is 0 Å². The Morgan fingerprint density at radius 1 is 1.37 bits per heavy atom. The second-order valence-electron chi connectivity index (χ2n) is 4.63. The fourth-order valence-electron chi connectivity index (χ4n) is 2.23. The molecular formula is C14H18Br2N2S. The number of aliphatic imine (C=N–C) groups is 1. The van der Waals surface area contributed by atoms with E-state index in [0.717, 1.165) is 32.3 Å². The van der Waals surface area contributed by atoms with Crippen molar-refractivity contribution in [3.63, 3.8) is 0 Å². The number of anilines is 1. The average molecular weight is 406 g/mol. The molecule has 0 amide bonds. The minimum atomic E-state index is 0.628. The molecule has 0 fully saturated rings. The van der Waals surface area contributed by atoms with Gasteiger partial charge in [0.2, 0.25) is 0 Å². The van der Waals surface area contributed by atoms with Crippen LogP contribution in [0.1, 0.15) is 26.7 Å². The molecule has 1 aromatic rings. The molecule has 2 nitrogen and oxygen atoms in total. The van der Waals surface area contributed by atoms with Crippen molar-refractivity contribution in [2.75, 3.05) is 11.9 Å². The molecule has 1 atom stereocenters. The highest BCUT2D eigenvalue weighted by Gasteiger charge is 2.26. The zero-order valence-corrected chi connectivity index (χ0v) is 15.1. The van der Waals surface area contributed by atoms with Crippen LogP contribution in [0.2, 0.25) is 0 Å². The molecule has 0 aromatic heterocycles. The van der Waals surface area contributed by atoms with Gasteiger partial charge in [0, 0.05) is 14.2 Å². The number of thioether (sulfide) groups is 1. The van der Waals surface area contributed by atoms with Crippen LogP contribution in [0.25, 0.3) is 0 Å². The van der Waals surface area contributed by atoms with Gasteiger partial charge in [0.25, 0.3) is 0 Å². The van der Waals surface area contributed by atoms with Gasteiger partial charge in [0.05, 0.1) is 12.2 Å². The van der Waals surface area contributed by atoms with Crippen LogP contribution in [0.4, 0.5) is 5.69 Å². The summed E-state index contributed by atoms with van der Waals surface area (Å²) in [5, 5.41) is 5.08. The molecule has 1 N–H and O–H groups in total. The third-order valence-corrected chi connectivity index (χ3v) is 5.90. The lowest BCUT2D eigenvalue weighted by Crippen LogP contribution is -2.17. The van der Waals surface area contributed by atoms with E-state index in [9.17, 15) is 0 Å². The van der Waals surface area contributed by atoms with E-state index in [1.807, 2.05) is 23.9 Å². The van der Waals surface area contributed by atoms with Gasteiger partial charge in [-0.2, -0.15) is 0 Å². The fraction of sp³-hybridized carbons (Fsp3) is 0.500. The van der Waals surface area contributed by atoms with E-state index in [4.69, 9.17) is 0 Å². The summed E-state index contributed by atoms with van der Waals surface area (Å²) in [6.45, 7) is 5.47. The molecule has 0 radical (unpaired) electrons. The molecule has 0 bridgehead atoms. The highest BCUT2D eigenvalue weighted by atomic mass is 79.9. The van der Waals surface area contributed by atoms with Crippen LogP contribution in [0.5, 0.6) is 0 Å². The summed E-state index contributed by atoms with van der Waals surface area (Å²) >= 11 is 8.94. The smallest absolute Gasteiger partial charge is 0.161 e. The van der Waals surface area contributed by atoms with Crippen LogP contribution in [-0.2, 0) is 0 Å². The molecule has 0 saturated carbocycles. The molecule has 19 heavy (non-hydrogen) atoms. The molecule has 5 heteroatoms.